The molecular weight excluding hydrogens is 368 g/mol. The Kier molecular flexibility index (Phi) is 9.06. The summed E-state index contributed by atoms with van der Waals surface area (Å²) in [7, 11) is 0. The van der Waals surface area contributed by atoms with Gasteiger partial charge in [-0.25, -0.2) is 4.79 Å². The Balaban J connectivity index is 2.74. The number of benzene rings is 1. The maximum atomic E-state index is 12.4. The van der Waals surface area contributed by atoms with Crippen molar-refractivity contribution >= 4 is 23.7 Å². The van der Waals surface area contributed by atoms with Gasteiger partial charge >= 0.3 is 5.97 Å². The van der Waals surface area contributed by atoms with E-state index >= 15 is 0 Å². The molecule has 0 fully saturated rings. The van der Waals surface area contributed by atoms with Crippen LogP contribution in [-0.4, -0.2) is 58.1 Å². The Labute approximate surface area is 162 Å². The quantitative estimate of drug-likeness (QED) is 0.257. The molecule has 0 unspecified atom stereocenters. The van der Waals surface area contributed by atoms with E-state index in [2.05, 4.69) is 10.6 Å². The second kappa shape index (κ2) is 11.0. The molecule has 10 heteroatoms. The van der Waals surface area contributed by atoms with Gasteiger partial charge in [-0.05, 0) is 25.3 Å². The summed E-state index contributed by atoms with van der Waals surface area (Å²) in [5.41, 5.74) is 11.7. The number of carboxylic acids is 1. The van der Waals surface area contributed by atoms with Gasteiger partial charge in [0, 0.05) is 6.42 Å². The van der Waals surface area contributed by atoms with Crippen LogP contribution < -0.4 is 22.1 Å². The molecule has 0 radical (unpaired) electrons. The fourth-order valence-electron chi connectivity index (χ4n) is 2.43. The number of carboxylic acid groups (broad SMARTS) is 1. The van der Waals surface area contributed by atoms with Crippen LogP contribution in [0.15, 0.2) is 30.3 Å². The maximum Gasteiger partial charge on any atom is 0.326 e. The Bertz CT molecular complexity index is 695. The average molecular weight is 394 g/mol. The molecule has 0 bridgehead atoms. The molecule has 0 spiro atoms. The predicted octanol–water partition coefficient (Wildman–Crippen LogP) is -1.74. The highest BCUT2D eigenvalue weighted by atomic mass is 16.4. The Morgan fingerprint density at radius 3 is 2.18 bits per heavy atom. The van der Waals surface area contributed by atoms with Gasteiger partial charge in [0.15, 0.2) is 0 Å². The molecule has 0 heterocycles. The molecule has 1 rings (SSSR count). The number of hydrogen-bond donors (Lipinski definition) is 6. The van der Waals surface area contributed by atoms with Crippen molar-refractivity contribution in [3.8, 4) is 0 Å². The molecule has 0 aliphatic heterocycles. The van der Waals surface area contributed by atoms with Gasteiger partial charge < -0.3 is 32.3 Å². The third-order valence-corrected chi connectivity index (χ3v) is 3.99. The second-order valence-electron chi connectivity index (χ2n) is 6.43. The minimum Gasteiger partial charge on any atom is -0.480 e. The van der Waals surface area contributed by atoms with Gasteiger partial charge in [-0.2, -0.15) is 0 Å². The van der Waals surface area contributed by atoms with Crippen LogP contribution in [0, 0.1) is 0 Å². The first kappa shape index (κ1) is 23.1. The van der Waals surface area contributed by atoms with Crippen LogP contribution in [0.1, 0.15) is 25.3 Å². The number of carbonyl (C=O) groups excluding carboxylic acids is 3. The smallest absolute Gasteiger partial charge is 0.326 e. The van der Waals surface area contributed by atoms with Crippen molar-refractivity contribution in [1.29, 1.82) is 0 Å². The molecule has 8 N–H and O–H groups in total. The predicted molar refractivity (Wildman–Crippen MR) is 99.7 cm³/mol. The van der Waals surface area contributed by atoms with Crippen LogP contribution in [0.5, 0.6) is 0 Å². The third-order valence-electron chi connectivity index (χ3n) is 3.99. The summed E-state index contributed by atoms with van der Waals surface area (Å²) in [6, 6.07) is 5.22. The average Bonchev–Trinajstić information content (AvgIpc) is 2.62. The zero-order chi connectivity index (χ0) is 21.3. The Hall–Kier alpha value is -2.98. The van der Waals surface area contributed by atoms with E-state index in [9.17, 15) is 24.3 Å². The highest BCUT2D eigenvalue weighted by molar-refractivity contribution is 5.92. The molecule has 0 aromatic heterocycles. The Morgan fingerprint density at radius 1 is 1.07 bits per heavy atom. The zero-order valence-electron chi connectivity index (χ0n) is 15.5. The monoisotopic (exact) mass is 394 g/mol. The van der Waals surface area contributed by atoms with Crippen LogP contribution in [0.4, 0.5) is 0 Å². The van der Waals surface area contributed by atoms with Crippen molar-refractivity contribution < 1.29 is 29.4 Å². The van der Waals surface area contributed by atoms with E-state index in [1.54, 1.807) is 24.3 Å². The summed E-state index contributed by atoms with van der Waals surface area (Å²) in [5.74, 6) is -3.67. The molecule has 10 nitrogen and oxygen atoms in total. The lowest BCUT2D eigenvalue weighted by Gasteiger charge is -2.24. The maximum absolute atomic E-state index is 12.4. The van der Waals surface area contributed by atoms with Crippen molar-refractivity contribution in [3.63, 3.8) is 0 Å². The van der Waals surface area contributed by atoms with Crippen molar-refractivity contribution in [3.05, 3.63) is 35.9 Å². The van der Waals surface area contributed by atoms with Gasteiger partial charge in [0.05, 0.1) is 12.1 Å². The summed E-state index contributed by atoms with van der Waals surface area (Å²) < 4.78 is 0. The van der Waals surface area contributed by atoms with E-state index in [1.807, 2.05) is 6.07 Å². The molecule has 0 aliphatic carbocycles. The largest absolute Gasteiger partial charge is 0.480 e. The van der Waals surface area contributed by atoms with Crippen molar-refractivity contribution in [2.75, 3.05) is 0 Å². The number of aliphatic hydroxyl groups excluding tert-OH is 1. The minimum absolute atomic E-state index is 0.218. The number of aliphatic carboxylic acids is 1. The van der Waals surface area contributed by atoms with Crippen molar-refractivity contribution in [2.45, 2.75) is 50.4 Å². The van der Waals surface area contributed by atoms with Crippen LogP contribution in [0.2, 0.25) is 0 Å². The van der Waals surface area contributed by atoms with Crippen LogP contribution in [-0.2, 0) is 25.6 Å². The third kappa shape index (κ3) is 7.72. The standard InChI is InChI=1S/C18H26N4O6/c1-10(23)15(17(26)21-13(18(27)28)7-8-14(20)24)22-16(25)12(19)9-11-5-3-2-4-6-11/h2-6,10,12-13,15,23H,7-9,19H2,1H3,(H2,20,24)(H,21,26)(H,22,25)(H,27,28)/t10-,12+,13+,15+/m1/s1. The molecule has 3 amide bonds. The van der Waals surface area contributed by atoms with E-state index in [4.69, 9.17) is 16.6 Å². The van der Waals surface area contributed by atoms with Gasteiger partial charge in [0.1, 0.15) is 12.1 Å². The first-order chi connectivity index (χ1) is 13.1. The van der Waals surface area contributed by atoms with E-state index < -0.39 is 47.9 Å². The first-order valence-electron chi connectivity index (χ1n) is 8.71. The fourth-order valence-corrected chi connectivity index (χ4v) is 2.43. The number of amides is 3. The summed E-state index contributed by atoms with van der Waals surface area (Å²) in [4.78, 5) is 46.7. The van der Waals surface area contributed by atoms with Crippen molar-refractivity contribution in [1.82, 2.24) is 10.6 Å². The first-order valence-corrected chi connectivity index (χ1v) is 8.71. The van der Waals surface area contributed by atoms with Crippen LogP contribution in [0.25, 0.3) is 0 Å². The minimum atomic E-state index is -1.41. The molecule has 28 heavy (non-hydrogen) atoms. The molecule has 0 saturated heterocycles. The van der Waals surface area contributed by atoms with E-state index in [1.165, 1.54) is 6.92 Å². The fraction of sp³-hybridized carbons (Fsp3) is 0.444. The molecular formula is C18H26N4O6. The highest BCUT2D eigenvalue weighted by Gasteiger charge is 2.31. The number of carbonyl (C=O) groups is 4. The summed E-state index contributed by atoms with van der Waals surface area (Å²) in [6.07, 6.45) is -1.55. The lowest BCUT2D eigenvalue weighted by molar-refractivity contribution is -0.143. The topological polar surface area (TPSA) is 185 Å². The molecule has 154 valence electrons. The summed E-state index contributed by atoms with van der Waals surface area (Å²) in [5, 5.41) is 23.5. The lowest BCUT2D eigenvalue weighted by Crippen LogP contribution is -2.58. The van der Waals surface area contributed by atoms with Crippen LogP contribution >= 0.6 is 0 Å². The van der Waals surface area contributed by atoms with Crippen molar-refractivity contribution in [2.24, 2.45) is 11.5 Å². The number of nitrogens with one attached hydrogen (secondary N) is 2. The lowest BCUT2D eigenvalue weighted by atomic mass is 10.0. The van der Waals surface area contributed by atoms with Gasteiger partial charge in [0.25, 0.3) is 0 Å². The molecule has 0 aliphatic rings. The number of hydrogen-bond acceptors (Lipinski definition) is 6. The SMILES string of the molecule is C[C@@H](O)[C@H](NC(=O)[C@@H](N)Cc1ccccc1)C(=O)N[C@@H](CCC(N)=O)C(=O)O. The molecule has 0 saturated carbocycles. The molecule has 1 aromatic carbocycles. The van der Waals surface area contributed by atoms with Gasteiger partial charge in [0.2, 0.25) is 17.7 Å². The number of nitrogens with two attached hydrogens (primary N) is 2. The zero-order valence-corrected chi connectivity index (χ0v) is 15.5. The molecule has 1 aromatic rings. The normalized spacial score (nSPS) is 15.0. The number of rotatable bonds is 11. The molecule has 4 atom stereocenters. The number of primary amides is 1. The highest BCUT2D eigenvalue weighted by Crippen LogP contribution is 2.04. The Morgan fingerprint density at radius 2 is 1.68 bits per heavy atom. The van der Waals surface area contributed by atoms with E-state index in [0.717, 1.165) is 5.56 Å². The van der Waals surface area contributed by atoms with E-state index in [-0.39, 0.29) is 19.3 Å². The van der Waals surface area contributed by atoms with Gasteiger partial charge in [-0.15, -0.1) is 0 Å². The van der Waals surface area contributed by atoms with Gasteiger partial charge in [-0.3, -0.25) is 14.4 Å². The second-order valence-corrected chi connectivity index (χ2v) is 6.43. The van der Waals surface area contributed by atoms with Gasteiger partial charge in [-0.1, -0.05) is 30.3 Å². The summed E-state index contributed by atoms with van der Waals surface area (Å²) in [6.45, 7) is 1.27. The van der Waals surface area contributed by atoms with E-state index in [0.29, 0.717) is 0 Å². The number of aliphatic hydroxyl groups is 1. The summed E-state index contributed by atoms with van der Waals surface area (Å²) >= 11 is 0. The van der Waals surface area contributed by atoms with Crippen LogP contribution in [0.3, 0.4) is 0 Å².